The summed E-state index contributed by atoms with van der Waals surface area (Å²) in [5.41, 5.74) is 3.75. The summed E-state index contributed by atoms with van der Waals surface area (Å²) in [4.78, 5) is 32.5. The molecule has 2 aromatic carbocycles. The summed E-state index contributed by atoms with van der Waals surface area (Å²) in [5.74, 6) is -0.324. The van der Waals surface area contributed by atoms with Crippen LogP contribution in [-0.4, -0.2) is 17.7 Å². The number of carbonyl (C=O) groups excluding carboxylic acids is 3. The lowest BCUT2D eigenvalue weighted by atomic mass is 9.78. The number of rotatable bonds is 3. The molecule has 0 fully saturated rings. The van der Waals surface area contributed by atoms with E-state index in [2.05, 4.69) is 35.1 Å². The first-order valence-electron chi connectivity index (χ1n) is 8.93. The minimum absolute atomic E-state index is 0.244. The summed E-state index contributed by atoms with van der Waals surface area (Å²) in [6.45, 7) is 3.29. The van der Waals surface area contributed by atoms with E-state index in [-0.39, 0.29) is 18.8 Å². The fraction of sp³-hybridized carbons (Fsp3) is 0.318. The number of benzene rings is 2. The topological polar surface area (TPSA) is 60.4 Å². The standard InChI is InChI=1S/C16H14O.C6H10O3/c17-14-10-13-8-4-5-9-15(13)16(11-14)12-6-2-1-3-7-12;1-3-5(7)9-6(8)4-2/h1-9,16H,10-11H2;3-4H2,1-2H3. The van der Waals surface area contributed by atoms with Gasteiger partial charge in [-0.2, -0.15) is 0 Å². The van der Waals surface area contributed by atoms with Crippen LogP contribution < -0.4 is 0 Å². The minimum Gasteiger partial charge on any atom is -0.393 e. The van der Waals surface area contributed by atoms with Crippen molar-refractivity contribution in [1.29, 1.82) is 0 Å². The highest BCUT2D eigenvalue weighted by atomic mass is 16.6. The van der Waals surface area contributed by atoms with Crippen molar-refractivity contribution in [2.75, 3.05) is 0 Å². The molecule has 136 valence electrons. The van der Waals surface area contributed by atoms with Crippen LogP contribution in [0.15, 0.2) is 54.6 Å². The van der Waals surface area contributed by atoms with E-state index in [4.69, 9.17) is 0 Å². The van der Waals surface area contributed by atoms with Gasteiger partial charge in [0.25, 0.3) is 0 Å². The van der Waals surface area contributed by atoms with Crippen molar-refractivity contribution in [3.05, 3.63) is 71.3 Å². The Hall–Kier alpha value is -2.75. The number of ether oxygens (including phenoxy) is 1. The zero-order valence-electron chi connectivity index (χ0n) is 15.2. The van der Waals surface area contributed by atoms with Gasteiger partial charge in [-0.05, 0) is 16.7 Å². The Morgan fingerprint density at radius 3 is 2.12 bits per heavy atom. The van der Waals surface area contributed by atoms with Gasteiger partial charge in [0.2, 0.25) is 0 Å². The van der Waals surface area contributed by atoms with E-state index < -0.39 is 11.9 Å². The van der Waals surface area contributed by atoms with E-state index in [1.807, 2.05) is 24.3 Å². The molecule has 1 unspecified atom stereocenters. The Labute approximate surface area is 154 Å². The first kappa shape index (κ1) is 19.6. The molecule has 1 aliphatic rings. The molecule has 0 saturated carbocycles. The molecule has 4 heteroatoms. The van der Waals surface area contributed by atoms with Crippen molar-refractivity contribution in [2.45, 2.75) is 45.4 Å². The number of ketones is 1. The second kappa shape index (κ2) is 9.66. The van der Waals surface area contributed by atoms with Crippen LogP contribution in [0.25, 0.3) is 0 Å². The monoisotopic (exact) mass is 352 g/mol. The highest BCUT2D eigenvalue weighted by Crippen LogP contribution is 2.34. The average molecular weight is 352 g/mol. The minimum atomic E-state index is -0.457. The highest BCUT2D eigenvalue weighted by molar-refractivity contribution is 5.85. The smallest absolute Gasteiger partial charge is 0.313 e. The number of Topliss-reactive ketones (excluding diaryl/α,β-unsaturated/α-hetero) is 1. The Morgan fingerprint density at radius 1 is 0.923 bits per heavy atom. The fourth-order valence-electron chi connectivity index (χ4n) is 2.91. The van der Waals surface area contributed by atoms with Crippen molar-refractivity contribution in [3.63, 3.8) is 0 Å². The van der Waals surface area contributed by atoms with Crippen molar-refractivity contribution >= 4 is 17.7 Å². The molecule has 1 atom stereocenters. The molecular formula is C22H24O4. The highest BCUT2D eigenvalue weighted by Gasteiger charge is 2.25. The number of fused-ring (bicyclic) bond motifs is 1. The van der Waals surface area contributed by atoms with Crippen LogP contribution in [0.4, 0.5) is 0 Å². The molecule has 4 nitrogen and oxygen atoms in total. The maximum Gasteiger partial charge on any atom is 0.313 e. The third-order valence-electron chi connectivity index (χ3n) is 4.26. The van der Waals surface area contributed by atoms with Crippen LogP contribution in [0.3, 0.4) is 0 Å². The molecular weight excluding hydrogens is 328 g/mol. The quantitative estimate of drug-likeness (QED) is 0.613. The SMILES string of the molecule is CCC(=O)OC(=O)CC.O=C1Cc2ccccc2C(c2ccccc2)C1. The maximum absolute atomic E-state index is 11.8. The summed E-state index contributed by atoms with van der Waals surface area (Å²) < 4.78 is 4.27. The molecule has 26 heavy (non-hydrogen) atoms. The molecule has 0 aliphatic heterocycles. The fourth-order valence-corrected chi connectivity index (χ4v) is 2.91. The summed E-state index contributed by atoms with van der Waals surface area (Å²) >= 11 is 0. The predicted molar refractivity (Wildman–Crippen MR) is 99.7 cm³/mol. The Morgan fingerprint density at radius 2 is 1.50 bits per heavy atom. The Kier molecular flexibility index (Phi) is 7.27. The van der Waals surface area contributed by atoms with Crippen molar-refractivity contribution in [3.8, 4) is 0 Å². The zero-order chi connectivity index (χ0) is 18.9. The summed E-state index contributed by atoms with van der Waals surface area (Å²) in [7, 11) is 0. The second-order valence-corrected chi connectivity index (χ2v) is 6.13. The van der Waals surface area contributed by atoms with E-state index in [1.165, 1.54) is 16.7 Å². The Balaban J connectivity index is 0.000000232. The van der Waals surface area contributed by atoms with Gasteiger partial charge in [0.1, 0.15) is 5.78 Å². The summed E-state index contributed by atoms with van der Waals surface area (Å²) in [5, 5.41) is 0. The van der Waals surface area contributed by atoms with Crippen LogP contribution in [0, 0.1) is 0 Å². The molecule has 0 bridgehead atoms. The van der Waals surface area contributed by atoms with Crippen LogP contribution in [0.1, 0.15) is 55.7 Å². The lowest BCUT2D eigenvalue weighted by Gasteiger charge is -2.25. The number of hydrogen-bond donors (Lipinski definition) is 0. The molecule has 1 aliphatic carbocycles. The van der Waals surface area contributed by atoms with Gasteiger partial charge in [0.05, 0.1) is 0 Å². The molecule has 2 aromatic rings. The van der Waals surface area contributed by atoms with Crippen LogP contribution in [0.2, 0.25) is 0 Å². The van der Waals surface area contributed by atoms with Crippen LogP contribution in [0.5, 0.6) is 0 Å². The van der Waals surface area contributed by atoms with Gasteiger partial charge >= 0.3 is 11.9 Å². The van der Waals surface area contributed by atoms with Gasteiger partial charge in [-0.3, -0.25) is 14.4 Å². The van der Waals surface area contributed by atoms with E-state index in [0.29, 0.717) is 18.6 Å². The molecule has 0 aromatic heterocycles. The lowest BCUT2D eigenvalue weighted by Crippen LogP contribution is -2.18. The summed E-state index contributed by atoms with van der Waals surface area (Å²) in [6.07, 6.45) is 1.75. The van der Waals surface area contributed by atoms with Gasteiger partial charge < -0.3 is 4.74 Å². The third kappa shape index (κ3) is 5.38. The van der Waals surface area contributed by atoms with E-state index in [9.17, 15) is 14.4 Å². The van der Waals surface area contributed by atoms with Crippen molar-refractivity contribution in [2.24, 2.45) is 0 Å². The van der Waals surface area contributed by atoms with Gasteiger partial charge in [-0.25, -0.2) is 0 Å². The molecule has 3 rings (SSSR count). The largest absolute Gasteiger partial charge is 0.393 e. The molecule has 0 N–H and O–H groups in total. The number of hydrogen-bond acceptors (Lipinski definition) is 4. The van der Waals surface area contributed by atoms with E-state index in [1.54, 1.807) is 13.8 Å². The lowest BCUT2D eigenvalue weighted by molar-refractivity contribution is -0.159. The maximum atomic E-state index is 11.8. The molecule has 0 saturated heterocycles. The van der Waals surface area contributed by atoms with E-state index >= 15 is 0 Å². The molecule has 0 amide bonds. The second-order valence-electron chi connectivity index (χ2n) is 6.13. The van der Waals surface area contributed by atoms with Crippen LogP contribution in [-0.2, 0) is 25.5 Å². The normalized spacial score (nSPS) is 15.3. The van der Waals surface area contributed by atoms with E-state index in [0.717, 1.165) is 0 Å². The first-order valence-corrected chi connectivity index (χ1v) is 8.93. The first-order chi connectivity index (χ1) is 12.5. The van der Waals surface area contributed by atoms with Crippen molar-refractivity contribution in [1.82, 2.24) is 0 Å². The molecule has 0 heterocycles. The van der Waals surface area contributed by atoms with Crippen molar-refractivity contribution < 1.29 is 19.1 Å². The average Bonchev–Trinajstić information content (AvgIpc) is 2.68. The van der Waals surface area contributed by atoms with Gasteiger partial charge in [-0.15, -0.1) is 0 Å². The third-order valence-corrected chi connectivity index (χ3v) is 4.26. The number of esters is 2. The Bertz CT molecular complexity index is 751. The molecule has 0 spiro atoms. The molecule has 0 radical (unpaired) electrons. The zero-order valence-corrected chi connectivity index (χ0v) is 15.2. The van der Waals surface area contributed by atoms with Gasteiger partial charge in [0.15, 0.2) is 0 Å². The predicted octanol–water partition coefficient (Wildman–Crippen LogP) is 4.21. The van der Waals surface area contributed by atoms with Gasteiger partial charge in [0, 0.05) is 31.6 Å². The van der Waals surface area contributed by atoms with Crippen LogP contribution >= 0.6 is 0 Å². The number of carbonyl (C=O) groups is 3. The summed E-state index contributed by atoms with van der Waals surface area (Å²) in [6, 6.07) is 18.6. The van der Waals surface area contributed by atoms with Gasteiger partial charge in [-0.1, -0.05) is 68.4 Å².